The lowest BCUT2D eigenvalue weighted by Crippen LogP contribution is -2.47. The van der Waals surface area contributed by atoms with E-state index in [0.29, 0.717) is 42.9 Å². The molecule has 3 N–H and O–H groups in total. The molecule has 0 radical (unpaired) electrons. The van der Waals surface area contributed by atoms with Gasteiger partial charge in [-0.05, 0) is 50.7 Å². The second kappa shape index (κ2) is 21.1. The van der Waals surface area contributed by atoms with Gasteiger partial charge in [0, 0.05) is 92.5 Å². The summed E-state index contributed by atoms with van der Waals surface area (Å²) in [5.41, 5.74) is 0.351. The van der Waals surface area contributed by atoms with Gasteiger partial charge in [-0.3, -0.25) is 39.5 Å². The van der Waals surface area contributed by atoms with E-state index in [9.17, 15) is 34.6 Å². The summed E-state index contributed by atoms with van der Waals surface area (Å²) < 4.78 is 20.4. The third kappa shape index (κ3) is 12.7. The van der Waals surface area contributed by atoms with Gasteiger partial charge in [-0.15, -0.1) is 0 Å². The Bertz CT molecular complexity index is 1530. The van der Waals surface area contributed by atoms with Crippen LogP contribution in [0.2, 0.25) is 0 Å². The molecule has 4 fully saturated rings. The van der Waals surface area contributed by atoms with Crippen LogP contribution < -0.4 is 25.4 Å². The molecule has 4 aliphatic rings. The number of Topliss-reactive ketones (excluding diaryl/α,β-unsaturated/α-hetero) is 1. The molecule has 0 atom stereocenters. The maximum Gasteiger partial charge on any atom is 0.310 e. The van der Waals surface area contributed by atoms with Crippen molar-refractivity contribution < 1.29 is 43.2 Å². The third-order valence-electron chi connectivity index (χ3n) is 9.60. The molecule has 2 aliphatic carbocycles. The first-order valence-corrected chi connectivity index (χ1v) is 18.0. The Morgan fingerprint density at radius 1 is 0.736 bits per heavy atom. The number of carbonyl (C=O) groups is 3. The number of carbonyl (C=O) groups excluding carboxylic acids is 3. The Morgan fingerprint density at radius 3 is 1.58 bits per heavy atom. The number of methoxy groups -OCH3 is 2. The number of nitro groups is 2. The molecule has 2 saturated heterocycles. The summed E-state index contributed by atoms with van der Waals surface area (Å²) in [5, 5.41) is 30.8. The van der Waals surface area contributed by atoms with Gasteiger partial charge in [0.15, 0.2) is 11.5 Å². The highest BCUT2D eigenvalue weighted by atomic mass is 16.6. The number of nitrogens with zero attached hydrogens (tertiary/aromatic N) is 3. The summed E-state index contributed by atoms with van der Waals surface area (Å²) in [6, 6.07) is 8.87. The predicted molar refractivity (Wildman–Crippen MR) is 194 cm³/mol. The van der Waals surface area contributed by atoms with Gasteiger partial charge in [0.1, 0.15) is 5.78 Å². The summed E-state index contributed by atoms with van der Waals surface area (Å²) in [6.45, 7) is 7.42. The summed E-state index contributed by atoms with van der Waals surface area (Å²) in [6.07, 6.45) is 6.24. The van der Waals surface area contributed by atoms with Gasteiger partial charge >= 0.3 is 11.4 Å². The molecule has 2 saturated carbocycles. The van der Waals surface area contributed by atoms with E-state index in [1.165, 1.54) is 50.6 Å². The van der Waals surface area contributed by atoms with Crippen LogP contribution in [0, 0.1) is 20.2 Å². The molecule has 290 valence electrons. The van der Waals surface area contributed by atoms with Crippen LogP contribution in [0.25, 0.3) is 0 Å². The fraction of sp³-hybridized carbons (Fsp3) is 0.583. The number of nitrogens with one attached hydrogen (secondary N) is 3. The first-order chi connectivity index (χ1) is 25.6. The van der Waals surface area contributed by atoms with E-state index in [2.05, 4.69) is 20.9 Å². The number of morpholine rings is 2. The summed E-state index contributed by atoms with van der Waals surface area (Å²) in [7, 11) is 2.67. The molecule has 2 aromatic carbocycles. The average molecular weight is 743 g/mol. The van der Waals surface area contributed by atoms with Crippen molar-refractivity contribution in [1.29, 1.82) is 0 Å². The lowest BCUT2D eigenvalue weighted by molar-refractivity contribution is -0.385. The Hall–Kier alpha value is -4.71. The molecule has 6 rings (SSSR count). The van der Waals surface area contributed by atoms with Crippen LogP contribution in [0.4, 0.5) is 11.4 Å². The van der Waals surface area contributed by atoms with Crippen molar-refractivity contribution in [2.75, 3.05) is 66.8 Å². The molecule has 2 aliphatic heterocycles. The molecule has 0 unspecified atom stereocenters. The number of rotatable bonds is 9. The largest absolute Gasteiger partial charge is 0.490 e. The predicted octanol–water partition coefficient (Wildman–Crippen LogP) is 3.43. The van der Waals surface area contributed by atoms with Crippen molar-refractivity contribution in [3.05, 3.63) is 67.8 Å². The number of ether oxygens (including phenoxy) is 4. The zero-order valence-corrected chi connectivity index (χ0v) is 30.3. The van der Waals surface area contributed by atoms with Gasteiger partial charge in [0.25, 0.3) is 11.8 Å². The lowest BCUT2D eigenvalue weighted by Gasteiger charge is -2.38. The molecule has 2 amide bonds. The van der Waals surface area contributed by atoms with Crippen LogP contribution >= 0.6 is 0 Å². The Kier molecular flexibility index (Phi) is 16.3. The van der Waals surface area contributed by atoms with Gasteiger partial charge in [-0.25, -0.2) is 0 Å². The van der Waals surface area contributed by atoms with E-state index < -0.39 is 9.85 Å². The first kappa shape index (κ1) is 41.1. The first-order valence-electron chi connectivity index (χ1n) is 18.0. The minimum Gasteiger partial charge on any atom is -0.490 e. The summed E-state index contributed by atoms with van der Waals surface area (Å²) >= 11 is 0. The van der Waals surface area contributed by atoms with Crippen molar-refractivity contribution in [2.24, 2.45) is 0 Å². The fourth-order valence-corrected chi connectivity index (χ4v) is 6.60. The Labute approximate surface area is 308 Å². The van der Waals surface area contributed by atoms with Crippen molar-refractivity contribution in [1.82, 2.24) is 20.9 Å². The van der Waals surface area contributed by atoms with Gasteiger partial charge < -0.3 is 34.9 Å². The van der Waals surface area contributed by atoms with E-state index in [-0.39, 0.29) is 52.6 Å². The van der Waals surface area contributed by atoms with E-state index in [1.54, 1.807) is 0 Å². The van der Waals surface area contributed by atoms with Crippen LogP contribution in [-0.4, -0.2) is 117 Å². The van der Waals surface area contributed by atoms with Crippen molar-refractivity contribution in [3.63, 3.8) is 0 Å². The molecule has 2 aromatic rings. The monoisotopic (exact) mass is 742 g/mol. The van der Waals surface area contributed by atoms with Crippen LogP contribution in [0.5, 0.6) is 11.5 Å². The normalized spacial score (nSPS) is 20.7. The summed E-state index contributed by atoms with van der Waals surface area (Å²) in [4.78, 5) is 58.9. The minimum absolute atomic E-state index is 0.0311. The van der Waals surface area contributed by atoms with E-state index in [1.807, 2.05) is 0 Å². The standard InChI is InChI=1S/C18H25N3O5.C14H16N2O5.C4H9NO/c1-25-17-12-13(2-7-16(17)21(23)24)18(22)19-14-3-5-15(6-4-14)20-8-10-26-11-9-20;1-21-13-8-9(2-7-12(13)16(19)20)14(18)15-10-3-5-11(17)6-4-10;1-3-6-4-2-5-1/h2,7,12,14-15H,3-6,8-11H2,1H3,(H,19,22);2,7-8,10H,3-6H2,1H3,(H,15,18);5H,1-4H2. The average Bonchev–Trinajstić information content (AvgIpc) is 3.19. The van der Waals surface area contributed by atoms with E-state index in [4.69, 9.17) is 18.9 Å². The number of hydrogen-bond donors (Lipinski definition) is 3. The van der Waals surface area contributed by atoms with E-state index in [0.717, 1.165) is 78.3 Å². The van der Waals surface area contributed by atoms with Crippen LogP contribution in [0.1, 0.15) is 72.1 Å². The quantitative estimate of drug-likeness (QED) is 0.248. The number of nitro benzene ring substituents is 2. The highest BCUT2D eigenvalue weighted by Crippen LogP contribution is 2.29. The third-order valence-corrected chi connectivity index (χ3v) is 9.60. The number of benzene rings is 2. The minimum atomic E-state index is -0.562. The number of hydrogen-bond acceptors (Lipinski definition) is 13. The molecule has 0 aromatic heterocycles. The van der Waals surface area contributed by atoms with Crippen molar-refractivity contribution in [2.45, 2.75) is 69.5 Å². The van der Waals surface area contributed by atoms with E-state index >= 15 is 0 Å². The molecular weight excluding hydrogens is 692 g/mol. The number of amides is 2. The number of ketones is 1. The second-order valence-corrected chi connectivity index (χ2v) is 13.1. The molecule has 17 heteroatoms. The zero-order valence-electron chi connectivity index (χ0n) is 30.3. The Balaban J connectivity index is 0.000000207. The fourth-order valence-electron chi connectivity index (χ4n) is 6.60. The van der Waals surface area contributed by atoms with Gasteiger partial charge in [-0.1, -0.05) is 0 Å². The van der Waals surface area contributed by atoms with Gasteiger partial charge in [0.2, 0.25) is 0 Å². The molecule has 0 bridgehead atoms. The highest BCUT2D eigenvalue weighted by molar-refractivity contribution is 5.96. The smallest absolute Gasteiger partial charge is 0.310 e. The second-order valence-electron chi connectivity index (χ2n) is 13.1. The van der Waals surface area contributed by atoms with Crippen LogP contribution in [0.15, 0.2) is 36.4 Å². The molecule has 53 heavy (non-hydrogen) atoms. The molecule has 2 heterocycles. The topological polar surface area (TPSA) is 214 Å². The zero-order chi connectivity index (χ0) is 38.2. The molecule has 0 spiro atoms. The Morgan fingerprint density at radius 2 is 1.19 bits per heavy atom. The van der Waals surface area contributed by atoms with Crippen molar-refractivity contribution >= 4 is 29.0 Å². The van der Waals surface area contributed by atoms with Gasteiger partial charge in [0.05, 0.1) is 50.5 Å². The van der Waals surface area contributed by atoms with Crippen LogP contribution in [-0.2, 0) is 14.3 Å². The lowest BCUT2D eigenvalue weighted by atomic mass is 9.89. The summed E-state index contributed by atoms with van der Waals surface area (Å²) in [5.74, 6) is -0.168. The molecular formula is C36H50N6O11. The van der Waals surface area contributed by atoms with Crippen molar-refractivity contribution in [3.8, 4) is 11.5 Å². The highest BCUT2D eigenvalue weighted by Gasteiger charge is 2.28. The maximum atomic E-state index is 12.5. The SMILES string of the molecule is C1COCCN1.COc1cc(C(=O)NC2CCC(=O)CC2)ccc1[N+](=O)[O-].COc1cc(C(=O)NC2CCC(N3CCOCC3)CC2)ccc1[N+](=O)[O-]. The maximum absolute atomic E-state index is 12.5. The van der Waals surface area contributed by atoms with Gasteiger partial charge in [-0.2, -0.15) is 0 Å². The molecule has 17 nitrogen and oxygen atoms in total. The van der Waals surface area contributed by atoms with Crippen LogP contribution in [0.3, 0.4) is 0 Å².